The number of hydrogen-bond acceptors (Lipinski definition) is 2. The van der Waals surface area contributed by atoms with E-state index in [1.807, 2.05) is 37.3 Å². The monoisotopic (exact) mass is 310 g/mol. The quantitative estimate of drug-likeness (QED) is 0.760. The van der Waals surface area contributed by atoms with Gasteiger partial charge in [0.2, 0.25) is 5.91 Å². The lowest BCUT2D eigenvalue weighted by molar-refractivity contribution is -0.120. The Hall–Kier alpha value is -2.13. The van der Waals surface area contributed by atoms with E-state index in [2.05, 4.69) is 41.5 Å². The van der Waals surface area contributed by atoms with E-state index in [1.165, 1.54) is 11.1 Å². The van der Waals surface area contributed by atoms with E-state index >= 15 is 0 Å². The minimum Gasteiger partial charge on any atom is -0.356 e. The zero-order chi connectivity index (χ0) is 16.5. The number of nitrogens with zero attached hydrogens (tertiary/aromatic N) is 1. The molecule has 0 aliphatic carbocycles. The van der Waals surface area contributed by atoms with E-state index in [0.29, 0.717) is 6.42 Å². The van der Waals surface area contributed by atoms with Crippen LogP contribution in [-0.2, 0) is 17.8 Å². The standard InChI is InChI=1S/C20H26N2O/c1-17-9-6-7-12-19(17)15-20(23)21-13-8-14-22(2)16-18-10-4-3-5-11-18/h3-7,9-12H,8,13-16H2,1-2H3,(H,21,23). The summed E-state index contributed by atoms with van der Waals surface area (Å²) >= 11 is 0. The van der Waals surface area contributed by atoms with Crippen molar-refractivity contribution in [3.8, 4) is 0 Å². The van der Waals surface area contributed by atoms with Crippen LogP contribution in [0.3, 0.4) is 0 Å². The van der Waals surface area contributed by atoms with E-state index in [1.54, 1.807) is 0 Å². The van der Waals surface area contributed by atoms with Gasteiger partial charge in [-0.3, -0.25) is 4.79 Å². The van der Waals surface area contributed by atoms with Gasteiger partial charge in [0.1, 0.15) is 0 Å². The molecule has 0 fully saturated rings. The first-order valence-corrected chi connectivity index (χ1v) is 8.19. The van der Waals surface area contributed by atoms with Crippen LogP contribution in [-0.4, -0.2) is 30.9 Å². The summed E-state index contributed by atoms with van der Waals surface area (Å²) < 4.78 is 0. The maximum atomic E-state index is 12.0. The minimum absolute atomic E-state index is 0.102. The molecule has 1 amide bonds. The molecule has 0 saturated heterocycles. The highest BCUT2D eigenvalue weighted by Gasteiger charge is 2.05. The Bertz CT molecular complexity index is 610. The van der Waals surface area contributed by atoms with Gasteiger partial charge in [0.15, 0.2) is 0 Å². The maximum Gasteiger partial charge on any atom is 0.224 e. The topological polar surface area (TPSA) is 32.3 Å². The first-order chi connectivity index (χ1) is 11.1. The van der Waals surface area contributed by atoms with Gasteiger partial charge in [0, 0.05) is 13.1 Å². The van der Waals surface area contributed by atoms with Crippen molar-refractivity contribution in [3.05, 3.63) is 71.3 Å². The predicted molar refractivity (Wildman–Crippen MR) is 95.3 cm³/mol. The first-order valence-electron chi connectivity index (χ1n) is 8.19. The summed E-state index contributed by atoms with van der Waals surface area (Å²) in [4.78, 5) is 14.3. The Labute approximate surface area is 139 Å². The summed E-state index contributed by atoms with van der Waals surface area (Å²) in [5, 5.41) is 3.01. The third-order valence-electron chi connectivity index (χ3n) is 3.95. The summed E-state index contributed by atoms with van der Waals surface area (Å²) in [6.45, 7) is 4.68. The van der Waals surface area contributed by atoms with Crippen molar-refractivity contribution >= 4 is 5.91 Å². The predicted octanol–water partition coefficient (Wildman–Crippen LogP) is 3.18. The SMILES string of the molecule is Cc1ccccc1CC(=O)NCCCN(C)Cc1ccccc1. The lowest BCUT2D eigenvalue weighted by atomic mass is 10.1. The molecule has 0 radical (unpaired) electrons. The third-order valence-corrected chi connectivity index (χ3v) is 3.95. The normalized spacial score (nSPS) is 10.7. The Morgan fingerprint density at radius 3 is 2.48 bits per heavy atom. The average Bonchev–Trinajstić information content (AvgIpc) is 2.55. The van der Waals surface area contributed by atoms with E-state index in [0.717, 1.165) is 31.6 Å². The van der Waals surface area contributed by atoms with Gasteiger partial charge in [-0.2, -0.15) is 0 Å². The summed E-state index contributed by atoms with van der Waals surface area (Å²) in [6, 6.07) is 18.5. The lowest BCUT2D eigenvalue weighted by Crippen LogP contribution is -2.29. The molecule has 1 N–H and O–H groups in total. The maximum absolute atomic E-state index is 12.0. The van der Waals surface area contributed by atoms with Crippen LogP contribution in [0.25, 0.3) is 0 Å². The highest BCUT2D eigenvalue weighted by Crippen LogP contribution is 2.07. The van der Waals surface area contributed by atoms with Crippen LogP contribution in [0.15, 0.2) is 54.6 Å². The van der Waals surface area contributed by atoms with E-state index in [9.17, 15) is 4.79 Å². The van der Waals surface area contributed by atoms with Gasteiger partial charge in [0.25, 0.3) is 0 Å². The molecule has 0 aliphatic heterocycles. The molecular weight excluding hydrogens is 284 g/mol. The van der Waals surface area contributed by atoms with E-state index < -0.39 is 0 Å². The number of amides is 1. The van der Waals surface area contributed by atoms with Crippen LogP contribution in [0.4, 0.5) is 0 Å². The van der Waals surface area contributed by atoms with Crippen molar-refractivity contribution in [2.75, 3.05) is 20.1 Å². The van der Waals surface area contributed by atoms with Gasteiger partial charge >= 0.3 is 0 Å². The fraction of sp³-hybridized carbons (Fsp3) is 0.350. The van der Waals surface area contributed by atoms with Crippen LogP contribution >= 0.6 is 0 Å². The molecule has 122 valence electrons. The average molecular weight is 310 g/mol. The second-order valence-electron chi connectivity index (χ2n) is 6.03. The second kappa shape index (κ2) is 9.11. The zero-order valence-electron chi connectivity index (χ0n) is 14.1. The molecule has 0 heterocycles. The fourth-order valence-electron chi connectivity index (χ4n) is 2.59. The molecule has 0 spiro atoms. The highest BCUT2D eigenvalue weighted by molar-refractivity contribution is 5.78. The molecule has 0 aromatic heterocycles. The van der Waals surface area contributed by atoms with Gasteiger partial charge in [-0.05, 0) is 43.6 Å². The summed E-state index contributed by atoms with van der Waals surface area (Å²) in [5.74, 6) is 0.102. The van der Waals surface area contributed by atoms with Crippen molar-refractivity contribution in [3.63, 3.8) is 0 Å². The summed E-state index contributed by atoms with van der Waals surface area (Å²) in [7, 11) is 2.11. The number of nitrogens with one attached hydrogen (secondary N) is 1. The van der Waals surface area contributed by atoms with Crippen LogP contribution in [0.1, 0.15) is 23.1 Å². The van der Waals surface area contributed by atoms with Gasteiger partial charge in [-0.25, -0.2) is 0 Å². The summed E-state index contributed by atoms with van der Waals surface area (Å²) in [5.41, 5.74) is 3.59. The molecule has 2 aromatic carbocycles. The van der Waals surface area contributed by atoms with Crippen molar-refractivity contribution in [1.29, 1.82) is 0 Å². The van der Waals surface area contributed by atoms with Crippen LogP contribution in [0.2, 0.25) is 0 Å². The number of rotatable bonds is 8. The Morgan fingerprint density at radius 1 is 1.04 bits per heavy atom. The van der Waals surface area contributed by atoms with Crippen LogP contribution in [0.5, 0.6) is 0 Å². The Balaban J connectivity index is 1.63. The minimum atomic E-state index is 0.102. The van der Waals surface area contributed by atoms with Gasteiger partial charge in [0.05, 0.1) is 6.42 Å². The van der Waals surface area contributed by atoms with E-state index in [-0.39, 0.29) is 5.91 Å². The Morgan fingerprint density at radius 2 is 1.74 bits per heavy atom. The molecular formula is C20H26N2O. The van der Waals surface area contributed by atoms with Crippen molar-refractivity contribution in [2.45, 2.75) is 26.3 Å². The zero-order valence-corrected chi connectivity index (χ0v) is 14.1. The third kappa shape index (κ3) is 6.25. The second-order valence-corrected chi connectivity index (χ2v) is 6.03. The van der Waals surface area contributed by atoms with Crippen molar-refractivity contribution in [2.24, 2.45) is 0 Å². The first kappa shape index (κ1) is 17.2. The van der Waals surface area contributed by atoms with Gasteiger partial charge in [-0.15, -0.1) is 0 Å². The number of hydrogen-bond donors (Lipinski definition) is 1. The number of carbonyl (C=O) groups is 1. The van der Waals surface area contributed by atoms with Crippen molar-refractivity contribution in [1.82, 2.24) is 10.2 Å². The molecule has 0 saturated carbocycles. The molecule has 3 nitrogen and oxygen atoms in total. The van der Waals surface area contributed by atoms with E-state index in [4.69, 9.17) is 0 Å². The molecule has 0 aliphatic rings. The van der Waals surface area contributed by atoms with Crippen LogP contribution < -0.4 is 5.32 Å². The fourth-order valence-corrected chi connectivity index (χ4v) is 2.59. The lowest BCUT2D eigenvalue weighted by Gasteiger charge is -2.16. The molecule has 2 aromatic rings. The van der Waals surface area contributed by atoms with Gasteiger partial charge in [-0.1, -0.05) is 54.6 Å². The molecule has 3 heteroatoms. The number of aryl methyl sites for hydroxylation is 1. The van der Waals surface area contributed by atoms with Crippen molar-refractivity contribution < 1.29 is 4.79 Å². The molecule has 2 rings (SSSR count). The molecule has 0 unspecified atom stereocenters. The number of carbonyl (C=O) groups excluding carboxylic acids is 1. The summed E-state index contributed by atoms with van der Waals surface area (Å²) in [6.07, 6.45) is 1.43. The largest absolute Gasteiger partial charge is 0.356 e. The highest BCUT2D eigenvalue weighted by atomic mass is 16.1. The smallest absolute Gasteiger partial charge is 0.224 e. The number of benzene rings is 2. The van der Waals surface area contributed by atoms with Crippen LogP contribution in [0, 0.1) is 6.92 Å². The van der Waals surface area contributed by atoms with Gasteiger partial charge < -0.3 is 10.2 Å². The molecule has 0 bridgehead atoms. The Kier molecular flexibility index (Phi) is 6.82. The molecule has 0 atom stereocenters. The molecule has 23 heavy (non-hydrogen) atoms.